The average molecular weight is 389 g/mol. The van der Waals surface area contributed by atoms with Crippen molar-refractivity contribution >= 4 is 17.2 Å². The van der Waals surface area contributed by atoms with Gasteiger partial charge in [0.1, 0.15) is 11.5 Å². The van der Waals surface area contributed by atoms with Crippen molar-refractivity contribution < 1.29 is 14.1 Å². The van der Waals surface area contributed by atoms with E-state index >= 15 is 0 Å². The minimum Gasteiger partial charge on any atom is -0.494 e. The predicted molar refractivity (Wildman–Crippen MR) is 105 cm³/mol. The average Bonchev–Trinajstić information content (AvgIpc) is 2.73. The number of aromatic nitrogens is 1. The molecule has 9 heteroatoms. The molecule has 1 N–H and O–H groups in total. The maximum absolute atomic E-state index is 13.7. The Kier molecular flexibility index (Phi) is 6.25. The molecule has 0 spiro atoms. The van der Waals surface area contributed by atoms with Crippen LogP contribution in [0.15, 0.2) is 30.5 Å². The van der Waals surface area contributed by atoms with Crippen LogP contribution in [-0.4, -0.2) is 54.6 Å². The number of nitro groups is 1. The number of pyridine rings is 1. The van der Waals surface area contributed by atoms with E-state index in [1.54, 1.807) is 6.20 Å². The van der Waals surface area contributed by atoms with Crippen LogP contribution in [-0.2, 0) is 6.54 Å². The lowest BCUT2D eigenvalue weighted by molar-refractivity contribution is -0.384. The Morgan fingerprint density at radius 1 is 1.29 bits per heavy atom. The number of hydrogen-bond donors (Lipinski definition) is 1. The van der Waals surface area contributed by atoms with E-state index in [1.165, 1.54) is 13.2 Å². The van der Waals surface area contributed by atoms with Gasteiger partial charge in [-0.3, -0.25) is 10.1 Å². The number of methoxy groups -OCH3 is 1. The summed E-state index contributed by atoms with van der Waals surface area (Å²) in [6.07, 6.45) is 1.75. The highest BCUT2D eigenvalue weighted by Crippen LogP contribution is 2.32. The lowest BCUT2D eigenvalue weighted by Crippen LogP contribution is -2.46. The first-order chi connectivity index (χ1) is 13.5. The third-order valence-electron chi connectivity index (χ3n) is 4.90. The van der Waals surface area contributed by atoms with E-state index in [0.717, 1.165) is 50.2 Å². The molecule has 1 saturated heterocycles. The smallest absolute Gasteiger partial charge is 0.295 e. The van der Waals surface area contributed by atoms with Crippen LogP contribution in [0.25, 0.3) is 0 Å². The number of likely N-dealkylation sites (N-methyl/N-ethyl adjacent to an activating group) is 1. The highest BCUT2D eigenvalue weighted by Gasteiger charge is 2.19. The zero-order valence-corrected chi connectivity index (χ0v) is 16.0. The van der Waals surface area contributed by atoms with Gasteiger partial charge in [0.25, 0.3) is 5.69 Å². The number of halogens is 1. The Bertz CT molecular complexity index is 823. The van der Waals surface area contributed by atoms with Crippen molar-refractivity contribution in [1.29, 1.82) is 0 Å². The molecular formula is C19H24FN5O3. The molecule has 3 rings (SSSR count). The fraction of sp³-hybridized carbons (Fsp3) is 0.421. The molecule has 8 nitrogen and oxygen atoms in total. The van der Waals surface area contributed by atoms with Crippen molar-refractivity contribution in [2.75, 3.05) is 50.1 Å². The van der Waals surface area contributed by atoms with Gasteiger partial charge in [0.2, 0.25) is 0 Å². The van der Waals surface area contributed by atoms with Crippen LogP contribution in [0.1, 0.15) is 12.5 Å². The number of hydrogen-bond acceptors (Lipinski definition) is 7. The number of anilines is 2. The van der Waals surface area contributed by atoms with Crippen molar-refractivity contribution in [3.63, 3.8) is 0 Å². The SMILES string of the molecule is CCN1CCN(c2ccc(CNc3cc(OC)c(F)cc3[N+](=O)[O-])cn2)CC1. The largest absolute Gasteiger partial charge is 0.494 e. The molecule has 1 fully saturated rings. The van der Waals surface area contributed by atoms with E-state index in [9.17, 15) is 14.5 Å². The number of ether oxygens (including phenoxy) is 1. The summed E-state index contributed by atoms with van der Waals surface area (Å²) in [6.45, 7) is 7.49. The van der Waals surface area contributed by atoms with Gasteiger partial charge in [0.15, 0.2) is 11.6 Å². The molecule has 0 atom stereocenters. The molecule has 1 aliphatic rings. The van der Waals surface area contributed by atoms with Crippen LogP contribution in [0.2, 0.25) is 0 Å². The Morgan fingerprint density at radius 2 is 2.04 bits per heavy atom. The molecule has 0 aliphatic carbocycles. The van der Waals surface area contributed by atoms with Crippen molar-refractivity contribution in [1.82, 2.24) is 9.88 Å². The van der Waals surface area contributed by atoms with Crippen LogP contribution in [0.4, 0.5) is 21.6 Å². The molecule has 2 heterocycles. The quantitative estimate of drug-likeness (QED) is 0.576. The van der Waals surface area contributed by atoms with Gasteiger partial charge in [0, 0.05) is 45.0 Å². The highest BCUT2D eigenvalue weighted by molar-refractivity contribution is 5.64. The fourth-order valence-electron chi connectivity index (χ4n) is 3.19. The molecule has 1 aromatic carbocycles. The predicted octanol–water partition coefficient (Wildman–Crippen LogP) is 2.89. The summed E-state index contributed by atoms with van der Waals surface area (Å²) in [7, 11) is 1.32. The maximum atomic E-state index is 13.7. The van der Waals surface area contributed by atoms with Crippen LogP contribution in [0.5, 0.6) is 5.75 Å². The lowest BCUT2D eigenvalue weighted by Gasteiger charge is -2.34. The first-order valence-electron chi connectivity index (χ1n) is 9.19. The molecular weight excluding hydrogens is 365 g/mol. The van der Waals surface area contributed by atoms with Crippen LogP contribution in [0.3, 0.4) is 0 Å². The monoisotopic (exact) mass is 389 g/mol. The molecule has 0 radical (unpaired) electrons. The van der Waals surface area contributed by atoms with E-state index in [1.807, 2.05) is 12.1 Å². The lowest BCUT2D eigenvalue weighted by atomic mass is 10.2. The number of nitrogens with zero attached hydrogens (tertiary/aromatic N) is 4. The molecule has 1 aromatic heterocycles. The summed E-state index contributed by atoms with van der Waals surface area (Å²) in [5, 5.41) is 14.2. The van der Waals surface area contributed by atoms with Gasteiger partial charge in [-0.2, -0.15) is 0 Å². The van der Waals surface area contributed by atoms with Gasteiger partial charge in [-0.05, 0) is 18.2 Å². The zero-order chi connectivity index (χ0) is 20.1. The second-order valence-corrected chi connectivity index (χ2v) is 6.56. The van der Waals surface area contributed by atoms with E-state index in [2.05, 4.69) is 27.0 Å². The Hall–Kier alpha value is -2.94. The summed E-state index contributed by atoms with van der Waals surface area (Å²) in [4.78, 5) is 19.7. The Labute approximate surface area is 163 Å². The first-order valence-corrected chi connectivity index (χ1v) is 9.19. The van der Waals surface area contributed by atoms with Crippen LogP contribution >= 0.6 is 0 Å². The van der Waals surface area contributed by atoms with E-state index < -0.39 is 10.7 Å². The Balaban J connectivity index is 1.66. The Morgan fingerprint density at radius 3 is 2.61 bits per heavy atom. The van der Waals surface area contributed by atoms with E-state index in [0.29, 0.717) is 6.54 Å². The summed E-state index contributed by atoms with van der Waals surface area (Å²) >= 11 is 0. The summed E-state index contributed by atoms with van der Waals surface area (Å²) in [6, 6.07) is 6.05. The molecule has 28 heavy (non-hydrogen) atoms. The summed E-state index contributed by atoms with van der Waals surface area (Å²) in [5.74, 6) is 0.107. The van der Waals surface area contributed by atoms with Crippen molar-refractivity contribution in [2.24, 2.45) is 0 Å². The molecule has 1 aliphatic heterocycles. The van der Waals surface area contributed by atoms with Crippen molar-refractivity contribution in [3.8, 4) is 5.75 Å². The number of rotatable bonds is 7. The summed E-state index contributed by atoms with van der Waals surface area (Å²) in [5.41, 5.74) is 0.730. The molecule has 2 aromatic rings. The second kappa shape index (κ2) is 8.83. The van der Waals surface area contributed by atoms with Gasteiger partial charge < -0.3 is 19.9 Å². The number of piperazine rings is 1. The molecule has 0 unspecified atom stereocenters. The topological polar surface area (TPSA) is 83.8 Å². The molecule has 0 amide bonds. The fourth-order valence-corrected chi connectivity index (χ4v) is 3.19. The normalized spacial score (nSPS) is 14.8. The van der Waals surface area contributed by atoms with Gasteiger partial charge in [-0.15, -0.1) is 0 Å². The van der Waals surface area contributed by atoms with Crippen molar-refractivity contribution in [3.05, 3.63) is 52.0 Å². The van der Waals surface area contributed by atoms with E-state index in [-0.39, 0.29) is 17.1 Å². The standard InChI is InChI=1S/C19H24FN5O3/c1-3-23-6-8-24(9-7-23)19-5-4-14(13-22-19)12-21-16-11-18(28-2)15(20)10-17(16)25(26)27/h4-5,10-11,13,21H,3,6-9,12H2,1-2H3. The van der Waals surface area contributed by atoms with Gasteiger partial charge in [-0.1, -0.05) is 13.0 Å². The maximum Gasteiger partial charge on any atom is 0.295 e. The minimum absolute atomic E-state index is 0.0483. The third kappa shape index (κ3) is 4.48. The van der Waals surface area contributed by atoms with Gasteiger partial charge in [-0.25, -0.2) is 9.37 Å². The number of nitrogens with one attached hydrogen (secondary N) is 1. The molecule has 150 valence electrons. The van der Waals surface area contributed by atoms with Gasteiger partial charge >= 0.3 is 0 Å². The van der Waals surface area contributed by atoms with Crippen molar-refractivity contribution in [2.45, 2.75) is 13.5 Å². The first kappa shape index (κ1) is 19.8. The van der Waals surface area contributed by atoms with Crippen LogP contribution < -0.4 is 15.0 Å². The number of benzene rings is 1. The summed E-state index contributed by atoms with van der Waals surface area (Å²) < 4.78 is 18.7. The highest BCUT2D eigenvalue weighted by atomic mass is 19.1. The molecule has 0 bridgehead atoms. The number of nitro benzene ring substituents is 1. The minimum atomic E-state index is -0.770. The van der Waals surface area contributed by atoms with Crippen LogP contribution in [0, 0.1) is 15.9 Å². The zero-order valence-electron chi connectivity index (χ0n) is 16.0. The molecule has 0 saturated carbocycles. The van der Waals surface area contributed by atoms with E-state index in [4.69, 9.17) is 4.74 Å². The van der Waals surface area contributed by atoms with Gasteiger partial charge in [0.05, 0.1) is 18.1 Å². The third-order valence-corrected chi connectivity index (χ3v) is 4.90. The second-order valence-electron chi connectivity index (χ2n) is 6.56.